The maximum Gasteiger partial charge on any atom is 0.161 e. The van der Waals surface area contributed by atoms with Gasteiger partial charge in [-0.2, -0.15) is 0 Å². The fourth-order valence-corrected chi connectivity index (χ4v) is 2.67. The predicted octanol–water partition coefficient (Wildman–Crippen LogP) is 5.00. The quantitative estimate of drug-likeness (QED) is 0.774. The molecule has 4 heteroatoms. The van der Waals surface area contributed by atoms with E-state index in [9.17, 15) is 10.2 Å². The van der Waals surface area contributed by atoms with Gasteiger partial charge in [0.2, 0.25) is 0 Å². The third-order valence-electron chi connectivity index (χ3n) is 4.09. The maximum absolute atomic E-state index is 10.0. The van der Waals surface area contributed by atoms with Crippen LogP contribution in [0.15, 0.2) is 36.4 Å². The number of hydrogen-bond donors (Lipinski definition) is 2. The molecule has 0 aliphatic rings. The van der Waals surface area contributed by atoms with Crippen molar-refractivity contribution in [3.05, 3.63) is 47.5 Å². The number of benzene rings is 2. The topological polar surface area (TPSA) is 58.9 Å². The van der Waals surface area contributed by atoms with Crippen LogP contribution < -0.4 is 9.47 Å². The van der Waals surface area contributed by atoms with E-state index in [1.165, 1.54) is 0 Å². The Bertz CT molecular complexity index is 671. The van der Waals surface area contributed by atoms with Gasteiger partial charge in [0.25, 0.3) is 0 Å². The van der Waals surface area contributed by atoms with E-state index >= 15 is 0 Å². The zero-order valence-corrected chi connectivity index (χ0v) is 15.8. The molecule has 0 saturated carbocycles. The van der Waals surface area contributed by atoms with E-state index in [1.807, 2.05) is 52.0 Å². The zero-order valence-electron chi connectivity index (χ0n) is 15.8. The Morgan fingerprint density at radius 1 is 0.720 bits per heavy atom. The van der Waals surface area contributed by atoms with Gasteiger partial charge in [0, 0.05) is 5.41 Å². The highest BCUT2D eigenvalue weighted by atomic mass is 16.5. The summed E-state index contributed by atoms with van der Waals surface area (Å²) in [7, 11) is 0. The van der Waals surface area contributed by atoms with Crippen LogP contribution in [0, 0.1) is 0 Å². The summed E-state index contributed by atoms with van der Waals surface area (Å²) in [5.41, 5.74) is 1.65. The van der Waals surface area contributed by atoms with Gasteiger partial charge in [0.05, 0.1) is 12.2 Å². The van der Waals surface area contributed by atoms with Crippen molar-refractivity contribution in [3.8, 4) is 23.0 Å². The van der Waals surface area contributed by atoms with Crippen LogP contribution in [0.3, 0.4) is 0 Å². The van der Waals surface area contributed by atoms with Gasteiger partial charge < -0.3 is 19.7 Å². The number of phenols is 2. The Balaban J connectivity index is 2.44. The summed E-state index contributed by atoms with van der Waals surface area (Å²) in [5, 5.41) is 20.0. The van der Waals surface area contributed by atoms with Crippen molar-refractivity contribution < 1.29 is 19.7 Å². The molecule has 0 aliphatic carbocycles. The Morgan fingerprint density at radius 3 is 1.40 bits per heavy atom. The number of hydrogen-bond acceptors (Lipinski definition) is 4. The SMILES string of the molecule is CC(C)Oc1cc(C(C)(C)c2ccc(O)c(OC(C)C)c2)ccc1O. The van der Waals surface area contributed by atoms with Crippen molar-refractivity contribution in [2.45, 2.75) is 59.2 Å². The first-order valence-electron chi connectivity index (χ1n) is 8.61. The normalized spacial score (nSPS) is 11.8. The molecule has 0 fully saturated rings. The highest BCUT2D eigenvalue weighted by Gasteiger charge is 2.26. The maximum atomic E-state index is 10.0. The molecule has 0 atom stereocenters. The summed E-state index contributed by atoms with van der Waals surface area (Å²) in [6, 6.07) is 10.8. The Kier molecular flexibility index (Phi) is 5.51. The van der Waals surface area contributed by atoms with E-state index in [4.69, 9.17) is 9.47 Å². The lowest BCUT2D eigenvalue weighted by Crippen LogP contribution is -2.19. The minimum Gasteiger partial charge on any atom is -0.504 e. The molecule has 4 nitrogen and oxygen atoms in total. The summed E-state index contributed by atoms with van der Waals surface area (Å²) < 4.78 is 11.4. The minimum absolute atomic E-state index is 0.0241. The summed E-state index contributed by atoms with van der Waals surface area (Å²) in [6.45, 7) is 11.9. The molecule has 0 aromatic heterocycles. The van der Waals surface area contributed by atoms with Crippen molar-refractivity contribution in [3.63, 3.8) is 0 Å². The molecule has 0 heterocycles. The predicted molar refractivity (Wildman–Crippen MR) is 99.9 cm³/mol. The zero-order chi connectivity index (χ0) is 18.8. The van der Waals surface area contributed by atoms with Crippen LogP contribution in [0.5, 0.6) is 23.0 Å². The highest BCUT2D eigenvalue weighted by molar-refractivity contribution is 5.51. The van der Waals surface area contributed by atoms with E-state index in [0.29, 0.717) is 11.5 Å². The Morgan fingerprint density at radius 2 is 1.08 bits per heavy atom. The fourth-order valence-electron chi connectivity index (χ4n) is 2.67. The Labute approximate surface area is 150 Å². The van der Waals surface area contributed by atoms with E-state index < -0.39 is 0 Å². The minimum atomic E-state index is -0.356. The highest BCUT2D eigenvalue weighted by Crippen LogP contribution is 2.40. The molecule has 0 aliphatic heterocycles. The Hall–Kier alpha value is -2.36. The summed E-state index contributed by atoms with van der Waals surface area (Å²) in [5.74, 6) is 1.20. The molecule has 136 valence electrons. The van der Waals surface area contributed by atoms with Crippen LogP contribution in [0.2, 0.25) is 0 Å². The van der Waals surface area contributed by atoms with Gasteiger partial charge in [0.15, 0.2) is 23.0 Å². The van der Waals surface area contributed by atoms with E-state index in [-0.39, 0.29) is 29.1 Å². The molecular weight excluding hydrogens is 316 g/mol. The first-order chi connectivity index (χ1) is 11.6. The first kappa shape index (κ1) is 19.0. The van der Waals surface area contributed by atoms with Crippen LogP contribution in [0.25, 0.3) is 0 Å². The molecule has 25 heavy (non-hydrogen) atoms. The molecule has 0 amide bonds. The molecule has 0 bridgehead atoms. The van der Waals surface area contributed by atoms with Crippen molar-refractivity contribution in [2.75, 3.05) is 0 Å². The second kappa shape index (κ2) is 7.26. The van der Waals surface area contributed by atoms with Crippen LogP contribution in [0.1, 0.15) is 52.7 Å². The first-order valence-corrected chi connectivity index (χ1v) is 8.61. The van der Waals surface area contributed by atoms with E-state index in [0.717, 1.165) is 11.1 Å². The number of phenolic OH excluding ortho intramolecular Hbond substituents is 2. The van der Waals surface area contributed by atoms with Gasteiger partial charge in [0.1, 0.15) is 0 Å². The number of ether oxygens (including phenoxy) is 2. The lowest BCUT2D eigenvalue weighted by Gasteiger charge is -2.28. The third kappa shape index (κ3) is 4.38. The average molecular weight is 344 g/mol. The molecule has 0 spiro atoms. The third-order valence-corrected chi connectivity index (χ3v) is 4.09. The van der Waals surface area contributed by atoms with Crippen LogP contribution >= 0.6 is 0 Å². The lowest BCUT2D eigenvalue weighted by atomic mass is 9.78. The molecule has 0 saturated heterocycles. The summed E-state index contributed by atoms with van der Waals surface area (Å²) in [6.07, 6.45) is -0.0482. The standard InChI is InChI=1S/C21H28O4/c1-13(2)24-19-11-15(7-9-17(19)22)21(5,6)16-8-10-18(23)20(12-16)25-14(3)4/h7-14,22-23H,1-6H3. The largest absolute Gasteiger partial charge is 0.504 e. The number of aromatic hydroxyl groups is 2. The molecule has 0 radical (unpaired) electrons. The van der Waals surface area contributed by atoms with Gasteiger partial charge in [-0.1, -0.05) is 26.0 Å². The van der Waals surface area contributed by atoms with Crippen LogP contribution in [0.4, 0.5) is 0 Å². The molecular formula is C21H28O4. The van der Waals surface area contributed by atoms with E-state index in [1.54, 1.807) is 12.1 Å². The molecule has 2 N–H and O–H groups in total. The lowest BCUT2D eigenvalue weighted by molar-refractivity contribution is 0.231. The molecule has 2 aromatic carbocycles. The van der Waals surface area contributed by atoms with E-state index in [2.05, 4.69) is 13.8 Å². The second-order valence-electron chi connectivity index (χ2n) is 7.32. The van der Waals surface area contributed by atoms with Crippen molar-refractivity contribution in [1.82, 2.24) is 0 Å². The van der Waals surface area contributed by atoms with Crippen molar-refractivity contribution in [1.29, 1.82) is 0 Å². The summed E-state index contributed by atoms with van der Waals surface area (Å²) >= 11 is 0. The average Bonchev–Trinajstić information content (AvgIpc) is 2.50. The molecule has 0 unspecified atom stereocenters. The van der Waals surface area contributed by atoms with Gasteiger partial charge in [-0.05, 0) is 63.1 Å². The van der Waals surface area contributed by atoms with Crippen LogP contribution in [-0.2, 0) is 5.41 Å². The van der Waals surface area contributed by atoms with Gasteiger partial charge >= 0.3 is 0 Å². The molecule has 2 aromatic rings. The van der Waals surface area contributed by atoms with Crippen LogP contribution in [-0.4, -0.2) is 22.4 Å². The summed E-state index contributed by atoms with van der Waals surface area (Å²) in [4.78, 5) is 0. The smallest absolute Gasteiger partial charge is 0.161 e. The van der Waals surface area contributed by atoms with Crippen molar-refractivity contribution >= 4 is 0 Å². The fraction of sp³-hybridized carbons (Fsp3) is 0.429. The van der Waals surface area contributed by atoms with Gasteiger partial charge in [-0.25, -0.2) is 0 Å². The van der Waals surface area contributed by atoms with Gasteiger partial charge in [-0.15, -0.1) is 0 Å². The van der Waals surface area contributed by atoms with Gasteiger partial charge in [-0.3, -0.25) is 0 Å². The number of rotatable bonds is 6. The second-order valence-corrected chi connectivity index (χ2v) is 7.32. The van der Waals surface area contributed by atoms with Crippen molar-refractivity contribution in [2.24, 2.45) is 0 Å². The monoisotopic (exact) mass is 344 g/mol. The molecule has 2 rings (SSSR count).